The van der Waals surface area contributed by atoms with Crippen LogP contribution in [-0.2, 0) is 4.79 Å². The van der Waals surface area contributed by atoms with Crippen LogP contribution in [0.3, 0.4) is 0 Å². The highest BCUT2D eigenvalue weighted by Crippen LogP contribution is 2.38. The van der Waals surface area contributed by atoms with Gasteiger partial charge in [-0.05, 0) is 47.4 Å². The zero-order valence-corrected chi connectivity index (χ0v) is 21.0. The second-order valence-corrected chi connectivity index (χ2v) is 9.30. The minimum Gasteiger partial charge on any atom is -0.366 e. The molecule has 1 atom stereocenters. The molecule has 0 spiro atoms. The van der Waals surface area contributed by atoms with Crippen LogP contribution in [0, 0.1) is 0 Å². The third-order valence-corrected chi connectivity index (χ3v) is 6.91. The maximum absolute atomic E-state index is 12.7. The van der Waals surface area contributed by atoms with Gasteiger partial charge in [0.15, 0.2) is 0 Å². The highest BCUT2D eigenvalue weighted by Gasteiger charge is 2.27. The van der Waals surface area contributed by atoms with Gasteiger partial charge in [-0.2, -0.15) is 0 Å². The summed E-state index contributed by atoms with van der Waals surface area (Å²) in [5, 5.41) is 7.24. The monoisotopic (exact) mass is 547 g/mol. The average molecular weight is 549 g/mol. The lowest BCUT2D eigenvalue weighted by Gasteiger charge is -2.37. The van der Waals surface area contributed by atoms with Crippen LogP contribution in [0.1, 0.15) is 29.6 Å². The molecule has 5 rings (SSSR count). The predicted octanol–water partition coefficient (Wildman–Crippen LogP) is 3.19. The lowest BCUT2D eigenvalue weighted by atomic mass is 10.1. The summed E-state index contributed by atoms with van der Waals surface area (Å²) >= 11 is 3.66. The molecule has 180 valence electrons. The van der Waals surface area contributed by atoms with E-state index in [1.165, 1.54) is 6.20 Å². The number of nitrogens with one attached hydrogen (secondary N) is 3. The number of fused-ring (bicyclic) bond motifs is 1. The highest BCUT2D eigenvalue weighted by molar-refractivity contribution is 9.10. The fourth-order valence-electron chi connectivity index (χ4n) is 4.61. The Hall–Kier alpha value is -2.69. The number of carbonyl (C=O) groups is 2. The van der Waals surface area contributed by atoms with Crippen LogP contribution < -0.4 is 15.5 Å². The molecule has 2 aliphatic rings. The zero-order valence-electron chi connectivity index (χ0n) is 18.6. The van der Waals surface area contributed by atoms with Gasteiger partial charge < -0.3 is 25.4 Å². The quantitative estimate of drug-likeness (QED) is 0.452. The summed E-state index contributed by atoms with van der Waals surface area (Å²) in [5.41, 5.74) is 2.81. The van der Waals surface area contributed by atoms with Crippen molar-refractivity contribution in [2.45, 2.75) is 25.3 Å². The number of amides is 2. The molecular weight excluding hydrogens is 522 g/mol. The van der Waals surface area contributed by atoms with Gasteiger partial charge in [0.25, 0.3) is 5.91 Å². The molecule has 34 heavy (non-hydrogen) atoms. The predicted molar refractivity (Wildman–Crippen MR) is 138 cm³/mol. The molecule has 3 aromatic rings. The van der Waals surface area contributed by atoms with E-state index in [1.807, 2.05) is 4.90 Å². The van der Waals surface area contributed by atoms with Crippen LogP contribution in [0.4, 0.5) is 11.4 Å². The van der Waals surface area contributed by atoms with Crippen LogP contribution in [0.15, 0.2) is 41.4 Å². The molecule has 0 saturated carbocycles. The summed E-state index contributed by atoms with van der Waals surface area (Å²) in [5.74, 6) is -0.00933. The van der Waals surface area contributed by atoms with Crippen molar-refractivity contribution >= 4 is 62.6 Å². The number of carbonyl (C=O) groups excluding carboxylic acids is 2. The standard InChI is InChI=1S/C23H26BrN7O2.ClH/c24-17-13-27-22-20(18(14-28-22)29-23(33)15-3-1-5-25-12-15)21(17)31-9-7-30(8-10-31)19(32)11-16-4-2-6-26-16;/h1,3,5,12-14,16,26H,2,4,6-11H2,(H,27,28)(H,29,33);1H. The molecule has 1 unspecified atom stereocenters. The molecule has 0 aliphatic carbocycles. The molecule has 0 radical (unpaired) electrons. The van der Waals surface area contributed by atoms with Gasteiger partial charge in [0.2, 0.25) is 5.91 Å². The van der Waals surface area contributed by atoms with Gasteiger partial charge in [0, 0.05) is 63.4 Å². The zero-order chi connectivity index (χ0) is 22.8. The van der Waals surface area contributed by atoms with Crippen LogP contribution in [0.5, 0.6) is 0 Å². The Labute approximate surface area is 212 Å². The van der Waals surface area contributed by atoms with E-state index in [-0.39, 0.29) is 24.2 Å². The normalized spacial score (nSPS) is 18.1. The maximum atomic E-state index is 12.7. The van der Waals surface area contributed by atoms with E-state index >= 15 is 0 Å². The van der Waals surface area contributed by atoms with Crippen LogP contribution in [-0.4, -0.2) is 70.4 Å². The highest BCUT2D eigenvalue weighted by atomic mass is 79.9. The van der Waals surface area contributed by atoms with E-state index in [2.05, 4.69) is 46.4 Å². The molecular formula is C23H27BrClN7O2. The minimum absolute atomic E-state index is 0. The number of H-pyrrole nitrogens is 1. The van der Waals surface area contributed by atoms with E-state index in [1.54, 1.807) is 30.7 Å². The number of nitrogens with zero attached hydrogens (tertiary/aromatic N) is 4. The molecule has 2 amide bonds. The van der Waals surface area contributed by atoms with E-state index < -0.39 is 0 Å². The first-order valence-electron chi connectivity index (χ1n) is 11.2. The number of halogens is 2. The van der Waals surface area contributed by atoms with E-state index in [4.69, 9.17) is 0 Å². The molecule has 0 bridgehead atoms. The second kappa shape index (κ2) is 10.7. The van der Waals surface area contributed by atoms with Crippen LogP contribution >= 0.6 is 28.3 Å². The number of aromatic amines is 1. The molecule has 3 aromatic heterocycles. The first kappa shape index (κ1) is 24.4. The fraction of sp³-hybridized carbons (Fsp3) is 0.391. The SMILES string of the molecule is Cl.O=C(Nc1c[nH]c2ncc(Br)c(N3CCN(C(=O)CC4CCCN4)CC3)c12)c1cccnc1. The Morgan fingerprint density at radius 3 is 2.74 bits per heavy atom. The second-order valence-electron chi connectivity index (χ2n) is 8.44. The summed E-state index contributed by atoms with van der Waals surface area (Å²) in [6.45, 7) is 3.77. The summed E-state index contributed by atoms with van der Waals surface area (Å²) in [6, 6.07) is 3.77. The van der Waals surface area contributed by atoms with E-state index in [9.17, 15) is 9.59 Å². The van der Waals surface area contributed by atoms with Crippen molar-refractivity contribution in [3.63, 3.8) is 0 Å². The number of pyridine rings is 2. The van der Waals surface area contributed by atoms with Crippen LogP contribution in [0.25, 0.3) is 11.0 Å². The van der Waals surface area contributed by atoms with E-state index in [0.717, 1.165) is 34.9 Å². The number of aromatic nitrogens is 3. The smallest absolute Gasteiger partial charge is 0.257 e. The lowest BCUT2D eigenvalue weighted by molar-refractivity contribution is -0.131. The van der Waals surface area contributed by atoms with Gasteiger partial charge in [0.05, 0.1) is 26.8 Å². The minimum atomic E-state index is -0.231. The Morgan fingerprint density at radius 2 is 2.03 bits per heavy atom. The number of rotatable bonds is 5. The van der Waals surface area contributed by atoms with Gasteiger partial charge in [-0.3, -0.25) is 14.6 Å². The summed E-state index contributed by atoms with van der Waals surface area (Å²) < 4.78 is 0.849. The van der Waals surface area contributed by atoms with Gasteiger partial charge >= 0.3 is 0 Å². The van der Waals surface area contributed by atoms with Crippen molar-refractivity contribution < 1.29 is 9.59 Å². The number of hydrogen-bond donors (Lipinski definition) is 3. The van der Waals surface area contributed by atoms with Crippen molar-refractivity contribution in [1.29, 1.82) is 0 Å². The third kappa shape index (κ3) is 5.03. The molecule has 2 fully saturated rings. The van der Waals surface area contributed by atoms with Gasteiger partial charge in [-0.25, -0.2) is 4.98 Å². The molecule has 0 aromatic carbocycles. The van der Waals surface area contributed by atoms with Gasteiger partial charge in [-0.1, -0.05) is 0 Å². The first-order chi connectivity index (χ1) is 16.1. The largest absolute Gasteiger partial charge is 0.366 e. The summed E-state index contributed by atoms with van der Waals surface area (Å²) in [7, 11) is 0. The first-order valence-corrected chi connectivity index (χ1v) is 12.0. The van der Waals surface area contributed by atoms with Crippen molar-refractivity contribution in [2.75, 3.05) is 42.9 Å². The summed E-state index contributed by atoms with van der Waals surface area (Å²) in [6.07, 6.45) is 9.50. The van der Waals surface area contributed by atoms with Crippen molar-refractivity contribution in [3.05, 3.63) is 47.0 Å². The van der Waals surface area contributed by atoms with Gasteiger partial charge in [-0.15, -0.1) is 12.4 Å². The molecule has 9 nitrogen and oxygen atoms in total. The topological polar surface area (TPSA) is 106 Å². The van der Waals surface area contributed by atoms with Crippen LogP contribution in [0.2, 0.25) is 0 Å². The fourth-order valence-corrected chi connectivity index (χ4v) is 5.16. The number of piperazine rings is 1. The van der Waals surface area contributed by atoms with Gasteiger partial charge in [0.1, 0.15) is 5.65 Å². The molecule has 11 heteroatoms. The van der Waals surface area contributed by atoms with Crippen molar-refractivity contribution in [3.8, 4) is 0 Å². The number of hydrogen-bond acceptors (Lipinski definition) is 6. The molecule has 2 aliphatic heterocycles. The van der Waals surface area contributed by atoms with Crippen molar-refractivity contribution in [2.24, 2.45) is 0 Å². The molecule has 5 heterocycles. The lowest BCUT2D eigenvalue weighted by Crippen LogP contribution is -2.49. The third-order valence-electron chi connectivity index (χ3n) is 6.33. The Bertz CT molecular complexity index is 1160. The summed E-state index contributed by atoms with van der Waals surface area (Å²) in [4.78, 5) is 41.3. The van der Waals surface area contributed by atoms with E-state index in [0.29, 0.717) is 55.5 Å². The number of anilines is 2. The van der Waals surface area contributed by atoms with Crippen molar-refractivity contribution in [1.82, 2.24) is 25.2 Å². The average Bonchev–Trinajstić information content (AvgIpc) is 3.50. The Balaban J connectivity index is 0.00000274. The Morgan fingerprint density at radius 1 is 1.21 bits per heavy atom. The molecule has 3 N–H and O–H groups in total. The maximum Gasteiger partial charge on any atom is 0.257 e. The molecule has 2 saturated heterocycles. The Kier molecular flexibility index (Phi) is 7.70.